The minimum atomic E-state index is 0.701. The van der Waals surface area contributed by atoms with Crippen LogP contribution in [0.25, 0.3) is 0 Å². The van der Waals surface area contributed by atoms with Crippen LogP contribution in [0.3, 0.4) is 0 Å². The van der Waals surface area contributed by atoms with E-state index in [1.807, 2.05) is 6.92 Å². The number of nitrogens with two attached hydrogens (primary N) is 1. The second-order valence-electron chi connectivity index (χ2n) is 5.14. The Labute approximate surface area is 117 Å². The smallest absolute Gasteiger partial charge is 0.205 e. The van der Waals surface area contributed by atoms with Crippen LogP contribution in [0.1, 0.15) is 51.9 Å². The molecule has 0 amide bonds. The highest BCUT2D eigenvalue weighted by Crippen LogP contribution is 2.25. The molecule has 0 aromatic heterocycles. The summed E-state index contributed by atoms with van der Waals surface area (Å²) in [6, 6.07) is 0. The molecule has 1 aliphatic carbocycles. The predicted octanol–water partition coefficient (Wildman–Crippen LogP) is 1.79. The minimum Gasteiger partial charge on any atom is -0.382 e. The minimum absolute atomic E-state index is 0.701. The molecule has 0 heterocycles. The highest BCUT2D eigenvalue weighted by atomic mass is 16.5. The first-order valence-corrected chi connectivity index (χ1v) is 7.69. The van der Waals surface area contributed by atoms with Crippen LogP contribution in [-0.2, 0) is 4.74 Å². The van der Waals surface area contributed by atoms with Gasteiger partial charge in [0.25, 0.3) is 0 Å². The zero-order valence-electron chi connectivity index (χ0n) is 12.3. The third-order valence-corrected chi connectivity index (χ3v) is 3.63. The topological polar surface area (TPSA) is 71.7 Å². The summed E-state index contributed by atoms with van der Waals surface area (Å²) in [6.07, 6.45) is 9.15. The Balaban J connectivity index is 2.07. The molecule has 0 aliphatic heterocycles. The van der Waals surface area contributed by atoms with Crippen LogP contribution >= 0.6 is 0 Å². The lowest BCUT2D eigenvalue weighted by Gasteiger charge is -2.21. The van der Waals surface area contributed by atoms with E-state index < -0.39 is 0 Å². The van der Waals surface area contributed by atoms with Crippen molar-refractivity contribution in [3.63, 3.8) is 0 Å². The van der Waals surface area contributed by atoms with Crippen LogP contribution in [0.4, 0.5) is 0 Å². The number of nitrogens with one attached hydrogen (secondary N) is 2. The van der Waals surface area contributed by atoms with Crippen LogP contribution in [0.2, 0.25) is 0 Å². The van der Waals surface area contributed by atoms with E-state index in [1.54, 1.807) is 0 Å². The maximum Gasteiger partial charge on any atom is 0.205 e. The molecule has 0 aromatic rings. The fourth-order valence-corrected chi connectivity index (χ4v) is 2.52. The molecule has 5 nitrogen and oxygen atoms in total. The van der Waals surface area contributed by atoms with Crippen LogP contribution < -0.4 is 16.6 Å². The van der Waals surface area contributed by atoms with Crippen molar-refractivity contribution in [1.82, 2.24) is 10.7 Å². The van der Waals surface area contributed by atoms with Crippen molar-refractivity contribution in [1.29, 1.82) is 0 Å². The Morgan fingerprint density at radius 2 is 2.11 bits per heavy atom. The van der Waals surface area contributed by atoms with Crippen molar-refractivity contribution in [2.24, 2.45) is 16.8 Å². The highest BCUT2D eigenvalue weighted by Gasteiger charge is 2.12. The van der Waals surface area contributed by atoms with Crippen molar-refractivity contribution < 1.29 is 4.74 Å². The Bertz CT molecular complexity index is 240. The van der Waals surface area contributed by atoms with Crippen molar-refractivity contribution in [3.05, 3.63) is 0 Å². The van der Waals surface area contributed by atoms with Gasteiger partial charge in [0, 0.05) is 26.3 Å². The maximum atomic E-state index is 5.46. The van der Waals surface area contributed by atoms with Gasteiger partial charge in [-0.15, -0.1) is 0 Å². The number of rotatable bonds is 8. The fraction of sp³-hybridized carbons (Fsp3) is 0.929. The first kappa shape index (κ1) is 16.2. The highest BCUT2D eigenvalue weighted by molar-refractivity contribution is 5.79. The van der Waals surface area contributed by atoms with Crippen LogP contribution in [-0.4, -0.2) is 32.3 Å². The van der Waals surface area contributed by atoms with Gasteiger partial charge >= 0.3 is 0 Å². The molecule has 1 fully saturated rings. The molecule has 1 saturated carbocycles. The van der Waals surface area contributed by atoms with Crippen LogP contribution in [0.15, 0.2) is 4.99 Å². The van der Waals surface area contributed by atoms with Crippen molar-refractivity contribution in [2.45, 2.75) is 51.9 Å². The molecule has 4 N–H and O–H groups in total. The zero-order chi connectivity index (χ0) is 13.8. The van der Waals surface area contributed by atoms with E-state index in [9.17, 15) is 0 Å². The van der Waals surface area contributed by atoms with Gasteiger partial charge in [0.05, 0.1) is 0 Å². The molecular formula is C14H30N4O. The predicted molar refractivity (Wildman–Crippen MR) is 79.9 cm³/mol. The Kier molecular flexibility index (Phi) is 9.45. The SMILES string of the molecule is CCOCCCN=C(NN)NCCC1CCCCC1. The van der Waals surface area contributed by atoms with E-state index in [4.69, 9.17) is 10.6 Å². The number of nitrogens with zero attached hydrogens (tertiary/aromatic N) is 1. The van der Waals surface area contributed by atoms with E-state index in [0.29, 0.717) is 5.96 Å². The van der Waals surface area contributed by atoms with E-state index in [0.717, 1.165) is 38.6 Å². The van der Waals surface area contributed by atoms with Gasteiger partial charge < -0.3 is 10.1 Å². The fourth-order valence-electron chi connectivity index (χ4n) is 2.52. The van der Waals surface area contributed by atoms with Gasteiger partial charge in [0.2, 0.25) is 5.96 Å². The summed E-state index contributed by atoms with van der Waals surface area (Å²) < 4.78 is 5.27. The number of hydrogen-bond donors (Lipinski definition) is 3. The average Bonchev–Trinajstić information content (AvgIpc) is 2.46. The number of aliphatic imine (C=N–C) groups is 1. The van der Waals surface area contributed by atoms with Gasteiger partial charge in [-0.1, -0.05) is 32.1 Å². The van der Waals surface area contributed by atoms with Gasteiger partial charge in [0.15, 0.2) is 0 Å². The van der Waals surface area contributed by atoms with Crippen molar-refractivity contribution in [2.75, 3.05) is 26.3 Å². The number of hydrazine groups is 1. The van der Waals surface area contributed by atoms with Gasteiger partial charge in [-0.3, -0.25) is 10.4 Å². The van der Waals surface area contributed by atoms with Crippen molar-refractivity contribution >= 4 is 5.96 Å². The lowest BCUT2D eigenvalue weighted by atomic mass is 9.87. The molecular weight excluding hydrogens is 240 g/mol. The Morgan fingerprint density at radius 3 is 2.79 bits per heavy atom. The van der Waals surface area contributed by atoms with E-state index >= 15 is 0 Å². The normalized spacial score (nSPS) is 17.5. The maximum absolute atomic E-state index is 5.46. The summed E-state index contributed by atoms with van der Waals surface area (Å²) in [5.41, 5.74) is 2.63. The van der Waals surface area contributed by atoms with E-state index in [-0.39, 0.29) is 0 Å². The summed E-state index contributed by atoms with van der Waals surface area (Å²) >= 11 is 0. The Hall–Kier alpha value is -0.810. The molecule has 0 radical (unpaired) electrons. The van der Waals surface area contributed by atoms with E-state index in [1.165, 1.54) is 38.5 Å². The third kappa shape index (κ3) is 8.06. The van der Waals surface area contributed by atoms with Crippen LogP contribution in [0.5, 0.6) is 0 Å². The summed E-state index contributed by atoms with van der Waals surface area (Å²) in [5, 5.41) is 3.28. The summed E-state index contributed by atoms with van der Waals surface area (Å²) in [4.78, 5) is 4.39. The van der Waals surface area contributed by atoms with Gasteiger partial charge in [0.1, 0.15) is 0 Å². The van der Waals surface area contributed by atoms with Crippen LogP contribution in [0, 0.1) is 5.92 Å². The molecule has 0 saturated heterocycles. The third-order valence-electron chi connectivity index (χ3n) is 3.63. The molecule has 0 spiro atoms. The van der Waals surface area contributed by atoms with Gasteiger partial charge in [-0.25, -0.2) is 5.84 Å². The summed E-state index contributed by atoms with van der Waals surface area (Å²) in [7, 11) is 0. The molecule has 1 aliphatic rings. The zero-order valence-corrected chi connectivity index (χ0v) is 12.3. The monoisotopic (exact) mass is 270 g/mol. The van der Waals surface area contributed by atoms with Gasteiger partial charge in [-0.05, 0) is 25.7 Å². The molecule has 0 atom stereocenters. The Morgan fingerprint density at radius 1 is 1.32 bits per heavy atom. The van der Waals surface area contributed by atoms with E-state index in [2.05, 4.69) is 15.7 Å². The second kappa shape index (κ2) is 11.1. The van der Waals surface area contributed by atoms with Gasteiger partial charge in [-0.2, -0.15) is 0 Å². The van der Waals surface area contributed by atoms with Crippen molar-refractivity contribution in [3.8, 4) is 0 Å². The standard InChI is InChI=1S/C14H30N4O/c1-2-19-12-6-10-16-14(18-15)17-11-9-13-7-4-3-5-8-13/h13H,2-12,15H2,1H3,(H2,16,17,18). The number of ether oxygens (including phenoxy) is 1. The average molecular weight is 270 g/mol. The summed E-state index contributed by atoms with van der Waals surface area (Å²) in [5.74, 6) is 7.05. The first-order valence-electron chi connectivity index (χ1n) is 7.69. The number of guanidine groups is 1. The number of hydrogen-bond acceptors (Lipinski definition) is 3. The quantitative estimate of drug-likeness (QED) is 0.207. The molecule has 0 bridgehead atoms. The molecule has 5 heteroatoms. The largest absolute Gasteiger partial charge is 0.382 e. The molecule has 0 unspecified atom stereocenters. The lowest BCUT2D eigenvalue weighted by molar-refractivity contribution is 0.146. The lowest BCUT2D eigenvalue weighted by Crippen LogP contribution is -2.42. The second-order valence-corrected chi connectivity index (χ2v) is 5.14. The molecule has 0 aromatic carbocycles. The summed E-state index contributed by atoms with van der Waals surface area (Å²) in [6.45, 7) is 5.24. The molecule has 112 valence electrons. The first-order chi connectivity index (χ1) is 9.36. The molecule has 1 rings (SSSR count). The molecule has 19 heavy (non-hydrogen) atoms.